The van der Waals surface area contributed by atoms with Crippen LogP contribution in [0.25, 0.3) is 66.1 Å². The monoisotopic (exact) mass is 646 g/mol. The van der Waals surface area contributed by atoms with E-state index in [9.17, 15) is 0 Å². The summed E-state index contributed by atoms with van der Waals surface area (Å²) in [6, 6.07) is 47.4. The molecule has 0 radical (unpaired) electrons. The number of furan rings is 2. The normalized spacial score (nSPS) is 19.0. The highest BCUT2D eigenvalue weighted by Gasteiger charge is 2.27. The number of rotatable bonds is 5. The highest BCUT2D eigenvalue weighted by atomic mass is 16.3. The third-order valence-electron chi connectivity index (χ3n) is 10.3. The molecule has 0 bridgehead atoms. The zero-order valence-corrected chi connectivity index (χ0v) is 27.3. The first-order chi connectivity index (χ1) is 24.7. The quantitative estimate of drug-likeness (QED) is 0.195. The molecule has 0 saturated carbocycles. The van der Waals surface area contributed by atoms with Crippen LogP contribution in [0, 0.1) is 5.92 Å². The summed E-state index contributed by atoms with van der Waals surface area (Å²) < 4.78 is 12.4. The molecular weight excluding hydrogens is 613 g/mol. The van der Waals surface area contributed by atoms with Gasteiger partial charge >= 0.3 is 0 Å². The lowest BCUT2D eigenvalue weighted by Crippen LogP contribution is -2.41. The van der Waals surface area contributed by atoms with Crippen LogP contribution >= 0.6 is 0 Å². The van der Waals surface area contributed by atoms with E-state index < -0.39 is 0 Å². The fraction of sp³-hybridized carbons (Fsp3) is 0.0870. The second kappa shape index (κ2) is 11.8. The van der Waals surface area contributed by atoms with Gasteiger partial charge in [-0.05, 0) is 100 Å². The number of fused-ring (bicyclic) bond motifs is 6. The Kier molecular flexibility index (Phi) is 6.81. The maximum Gasteiger partial charge on any atom is 0.135 e. The van der Waals surface area contributed by atoms with Crippen molar-refractivity contribution in [3.8, 4) is 22.3 Å². The van der Waals surface area contributed by atoms with Crippen LogP contribution in [0.4, 0.5) is 0 Å². The van der Waals surface area contributed by atoms with Crippen molar-refractivity contribution in [1.29, 1.82) is 0 Å². The minimum atomic E-state index is -0.0325. The second-order valence-electron chi connectivity index (χ2n) is 13.4. The van der Waals surface area contributed by atoms with Gasteiger partial charge in [-0.25, -0.2) is 0 Å². The van der Waals surface area contributed by atoms with Crippen LogP contribution in [0.3, 0.4) is 0 Å². The number of hydrogen-bond acceptors (Lipinski definition) is 4. The fourth-order valence-electron chi connectivity index (χ4n) is 7.70. The molecule has 4 nitrogen and oxygen atoms in total. The molecule has 0 spiro atoms. The predicted molar refractivity (Wildman–Crippen MR) is 205 cm³/mol. The number of nitrogens with one attached hydrogen (secondary N) is 2. The lowest BCUT2D eigenvalue weighted by Gasteiger charge is -2.35. The van der Waals surface area contributed by atoms with Crippen molar-refractivity contribution in [2.45, 2.75) is 18.6 Å². The summed E-state index contributed by atoms with van der Waals surface area (Å²) in [6.45, 7) is 0. The Balaban J connectivity index is 1.15. The van der Waals surface area contributed by atoms with Gasteiger partial charge < -0.3 is 14.2 Å². The SMILES string of the molecule is C1=CCC(C2=CC(c3cc(-c4ccc5oc6ccccc6c5c4)cc(-c4ccc5oc6ccccc6c5c4)c3)NC(c3ccccc3)N2)C=C1. The molecule has 2 aromatic heterocycles. The van der Waals surface area contributed by atoms with E-state index in [0.29, 0.717) is 5.92 Å². The van der Waals surface area contributed by atoms with E-state index in [2.05, 4.69) is 150 Å². The molecule has 2 aliphatic rings. The fourth-order valence-corrected chi connectivity index (χ4v) is 7.70. The third kappa shape index (κ3) is 5.04. The zero-order valence-electron chi connectivity index (χ0n) is 27.3. The molecule has 2 N–H and O–H groups in total. The van der Waals surface area contributed by atoms with Gasteiger partial charge in [0.1, 0.15) is 28.5 Å². The first-order valence-corrected chi connectivity index (χ1v) is 17.3. The van der Waals surface area contributed by atoms with Crippen molar-refractivity contribution in [2.75, 3.05) is 0 Å². The Bertz CT molecular complexity index is 2520. The van der Waals surface area contributed by atoms with Crippen LogP contribution in [0.5, 0.6) is 0 Å². The molecule has 50 heavy (non-hydrogen) atoms. The molecule has 3 atom stereocenters. The first kappa shape index (κ1) is 28.9. The molecule has 10 rings (SSSR count). The second-order valence-corrected chi connectivity index (χ2v) is 13.4. The minimum absolute atomic E-state index is 0.0218. The lowest BCUT2D eigenvalue weighted by molar-refractivity contribution is 0.396. The molecule has 1 aliphatic heterocycles. The van der Waals surface area contributed by atoms with Crippen molar-refractivity contribution < 1.29 is 8.83 Å². The molecule has 3 heterocycles. The molecule has 0 saturated heterocycles. The van der Waals surface area contributed by atoms with E-state index in [1.165, 1.54) is 16.8 Å². The number of allylic oxidation sites excluding steroid dienone is 4. The van der Waals surface area contributed by atoms with Gasteiger partial charge in [-0.1, -0.05) is 103 Å². The molecule has 1 aliphatic carbocycles. The number of hydrogen-bond donors (Lipinski definition) is 2. The van der Waals surface area contributed by atoms with Crippen LogP contribution < -0.4 is 10.6 Å². The molecule has 4 heteroatoms. The van der Waals surface area contributed by atoms with Crippen molar-refractivity contribution in [1.82, 2.24) is 10.6 Å². The smallest absolute Gasteiger partial charge is 0.135 e. The van der Waals surface area contributed by atoms with Crippen LogP contribution in [0.15, 0.2) is 178 Å². The summed E-state index contributed by atoms with van der Waals surface area (Å²) in [5, 5.41) is 12.3. The average molecular weight is 647 g/mol. The highest BCUT2D eigenvalue weighted by Crippen LogP contribution is 2.39. The molecule has 240 valence electrons. The molecule has 8 aromatic rings. The Morgan fingerprint density at radius 1 is 0.500 bits per heavy atom. The summed E-state index contributed by atoms with van der Waals surface area (Å²) in [5.74, 6) is 0.298. The molecule has 0 amide bonds. The van der Waals surface area contributed by atoms with E-state index in [-0.39, 0.29) is 12.2 Å². The van der Waals surface area contributed by atoms with Crippen LogP contribution in [0.1, 0.15) is 29.8 Å². The van der Waals surface area contributed by atoms with E-state index in [1.54, 1.807) is 0 Å². The van der Waals surface area contributed by atoms with Gasteiger partial charge in [0, 0.05) is 33.2 Å². The summed E-state index contributed by atoms with van der Waals surface area (Å²) in [4.78, 5) is 0. The molecule has 3 unspecified atom stereocenters. The van der Waals surface area contributed by atoms with Crippen molar-refractivity contribution in [3.05, 3.63) is 181 Å². The van der Waals surface area contributed by atoms with Crippen molar-refractivity contribution in [2.24, 2.45) is 5.92 Å². The van der Waals surface area contributed by atoms with Gasteiger partial charge in [-0.2, -0.15) is 0 Å². The zero-order chi connectivity index (χ0) is 33.0. The van der Waals surface area contributed by atoms with Crippen LogP contribution in [-0.4, -0.2) is 0 Å². The van der Waals surface area contributed by atoms with Crippen molar-refractivity contribution in [3.63, 3.8) is 0 Å². The summed E-state index contributed by atoms with van der Waals surface area (Å²) in [7, 11) is 0. The van der Waals surface area contributed by atoms with Gasteiger partial charge in [0.05, 0.1) is 6.04 Å². The Labute approximate surface area is 290 Å². The standard InChI is InChI=1S/C46H34N2O2/c1-3-11-29(12-4-1)40-28-41(48-46(47-40)30-13-5-2-6-14-30)35-24-33(31-19-21-44-38(26-31)36-15-7-9-17-42(36)49-44)23-34(25-35)32-20-22-45-39(27-32)37-16-8-10-18-43(37)50-45/h1-11,13-29,41,46-48H,12H2. The summed E-state index contributed by atoms with van der Waals surface area (Å²) in [5.41, 5.74) is 11.9. The molecular formula is C46H34N2O2. The summed E-state index contributed by atoms with van der Waals surface area (Å²) >= 11 is 0. The Hall–Kier alpha value is -6.10. The van der Waals surface area contributed by atoms with Crippen molar-refractivity contribution >= 4 is 43.9 Å². The maximum absolute atomic E-state index is 6.20. The lowest BCUT2D eigenvalue weighted by atomic mass is 9.89. The third-order valence-corrected chi connectivity index (χ3v) is 10.3. The van der Waals surface area contributed by atoms with Gasteiger partial charge in [0.2, 0.25) is 0 Å². The van der Waals surface area contributed by atoms with E-state index in [0.717, 1.165) is 72.6 Å². The minimum Gasteiger partial charge on any atom is -0.456 e. The van der Waals surface area contributed by atoms with Gasteiger partial charge in [-0.3, -0.25) is 5.32 Å². The largest absolute Gasteiger partial charge is 0.456 e. The topological polar surface area (TPSA) is 50.3 Å². The van der Waals surface area contributed by atoms with E-state index >= 15 is 0 Å². The van der Waals surface area contributed by atoms with Gasteiger partial charge in [0.15, 0.2) is 0 Å². The number of benzene rings is 6. The molecule has 0 fully saturated rings. The Morgan fingerprint density at radius 2 is 1.10 bits per heavy atom. The average Bonchev–Trinajstić information content (AvgIpc) is 3.76. The van der Waals surface area contributed by atoms with Gasteiger partial charge in [-0.15, -0.1) is 0 Å². The number of para-hydroxylation sites is 2. The van der Waals surface area contributed by atoms with Crippen LogP contribution in [0.2, 0.25) is 0 Å². The Morgan fingerprint density at radius 3 is 1.72 bits per heavy atom. The first-order valence-electron chi connectivity index (χ1n) is 17.3. The van der Waals surface area contributed by atoms with Gasteiger partial charge in [0.25, 0.3) is 0 Å². The summed E-state index contributed by atoms with van der Waals surface area (Å²) in [6.07, 6.45) is 12.2. The van der Waals surface area contributed by atoms with E-state index in [1.807, 2.05) is 24.3 Å². The maximum atomic E-state index is 6.20. The van der Waals surface area contributed by atoms with Crippen LogP contribution in [-0.2, 0) is 0 Å². The van der Waals surface area contributed by atoms with E-state index in [4.69, 9.17) is 8.83 Å². The predicted octanol–water partition coefficient (Wildman–Crippen LogP) is 11.8. The molecule has 6 aromatic carbocycles. The highest BCUT2D eigenvalue weighted by molar-refractivity contribution is 6.07.